The molecule has 4 heteroatoms. The highest BCUT2D eigenvalue weighted by Crippen LogP contribution is 2.45. The van der Waals surface area contributed by atoms with Gasteiger partial charge < -0.3 is 9.47 Å². The van der Waals surface area contributed by atoms with E-state index in [1.165, 1.54) is 24.0 Å². The van der Waals surface area contributed by atoms with Crippen LogP contribution in [0.25, 0.3) is 0 Å². The lowest BCUT2D eigenvalue weighted by Gasteiger charge is -2.24. The van der Waals surface area contributed by atoms with Crippen LogP contribution in [-0.2, 0) is 6.54 Å². The second kappa shape index (κ2) is 8.47. The predicted molar refractivity (Wildman–Crippen MR) is 114 cm³/mol. The molecule has 2 aromatic rings. The van der Waals surface area contributed by atoms with E-state index in [1.54, 1.807) is 7.11 Å². The fourth-order valence-electron chi connectivity index (χ4n) is 4.84. The minimum absolute atomic E-state index is 0.146. The average molecular weight is 391 g/mol. The van der Waals surface area contributed by atoms with Crippen molar-refractivity contribution in [1.82, 2.24) is 4.90 Å². The van der Waals surface area contributed by atoms with Crippen molar-refractivity contribution in [2.24, 2.45) is 5.41 Å². The summed E-state index contributed by atoms with van der Waals surface area (Å²) in [4.78, 5) is 2.39. The Hall–Kier alpha value is -2.51. The maximum atomic E-state index is 10.0. The van der Waals surface area contributed by atoms with E-state index in [1.807, 2.05) is 12.1 Å². The molecule has 1 aliphatic heterocycles. The molecule has 1 unspecified atom stereocenters. The van der Waals surface area contributed by atoms with Gasteiger partial charge in [-0.3, -0.25) is 4.90 Å². The number of methoxy groups -OCH3 is 1. The number of rotatable bonds is 6. The first-order chi connectivity index (χ1) is 14.1. The second-order valence-electron chi connectivity index (χ2n) is 8.67. The molecule has 152 valence electrons. The summed E-state index contributed by atoms with van der Waals surface area (Å²) in [6, 6.07) is 19.3. The van der Waals surface area contributed by atoms with Crippen molar-refractivity contribution in [3.05, 3.63) is 59.7 Å². The Balaban J connectivity index is 1.57. The number of hydrogen-bond donors (Lipinski definition) is 0. The second-order valence-corrected chi connectivity index (χ2v) is 8.67. The van der Waals surface area contributed by atoms with E-state index in [2.05, 4.69) is 54.3 Å². The highest BCUT2D eigenvalue weighted by Gasteiger charge is 2.44. The lowest BCUT2D eigenvalue weighted by atomic mass is 9.77. The third-order valence-corrected chi connectivity index (χ3v) is 6.45. The molecule has 0 amide bonds. The van der Waals surface area contributed by atoms with E-state index in [0.717, 1.165) is 44.0 Å². The molecule has 1 aliphatic carbocycles. The Bertz CT molecular complexity index is 870. The molecule has 2 aliphatic rings. The van der Waals surface area contributed by atoms with E-state index in [9.17, 15) is 5.26 Å². The molecule has 0 radical (unpaired) electrons. The topological polar surface area (TPSA) is 45.5 Å². The van der Waals surface area contributed by atoms with Gasteiger partial charge in [0, 0.05) is 25.6 Å². The Morgan fingerprint density at radius 3 is 2.55 bits per heavy atom. The Labute approximate surface area is 174 Å². The Kier molecular flexibility index (Phi) is 5.78. The summed E-state index contributed by atoms with van der Waals surface area (Å²) >= 11 is 0. The van der Waals surface area contributed by atoms with E-state index in [-0.39, 0.29) is 12.0 Å². The smallest absolute Gasteiger partial charge is 0.161 e. The minimum Gasteiger partial charge on any atom is -0.493 e. The van der Waals surface area contributed by atoms with Crippen LogP contribution in [0.3, 0.4) is 0 Å². The fraction of sp³-hybridized carbons (Fsp3) is 0.480. The van der Waals surface area contributed by atoms with Crippen LogP contribution in [0.5, 0.6) is 11.5 Å². The predicted octanol–water partition coefficient (Wildman–Crippen LogP) is 5.15. The molecule has 2 atom stereocenters. The summed E-state index contributed by atoms with van der Waals surface area (Å²) in [6.07, 6.45) is 4.96. The first kappa shape index (κ1) is 19.8. The molecule has 0 aromatic heterocycles. The molecule has 2 fully saturated rings. The van der Waals surface area contributed by atoms with Gasteiger partial charge in [-0.05, 0) is 55.9 Å². The zero-order valence-corrected chi connectivity index (χ0v) is 17.4. The molecule has 4 nitrogen and oxygen atoms in total. The van der Waals surface area contributed by atoms with Gasteiger partial charge in [0.1, 0.15) is 0 Å². The minimum atomic E-state index is -0.423. The van der Waals surface area contributed by atoms with Gasteiger partial charge in [-0.15, -0.1) is 0 Å². The summed E-state index contributed by atoms with van der Waals surface area (Å²) < 4.78 is 11.9. The number of nitriles is 1. The number of ether oxygens (including phenoxy) is 2. The van der Waals surface area contributed by atoms with Crippen molar-refractivity contribution >= 4 is 0 Å². The van der Waals surface area contributed by atoms with Crippen molar-refractivity contribution in [1.29, 1.82) is 5.26 Å². The Morgan fingerprint density at radius 1 is 1.10 bits per heavy atom. The van der Waals surface area contributed by atoms with Crippen LogP contribution in [-0.4, -0.2) is 31.2 Å². The van der Waals surface area contributed by atoms with E-state index < -0.39 is 5.41 Å². The van der Waals surface area contributed by atoms with Crippen LogP contribution >= 0.6 is 0 Å². The third-order valence-electron chi connectivity index (χ3n) is 6.45. The standard InChI is InChI=1S/C25H30N2O2/c1-25(17-26)18-27(15-19-8-4-3-5-9-19)16-22(25)20-12-13-23(28-2)24(14-20)29-21-10-6-7-11-21/h3-5,8-9,12-14,21-22H,6-7,10-11,15-16,18H2,1-2H3/t22-,25?/m0/s1. The summed E-state index contributed by atoms with van der Waals surface area (Å²) in [5.74, 6) is 1.74. The maximum absolute atomic E-state index is 10.0. The molecule has 0 N–H and O–H groups in total. The van der Waals surface area contributed by atoms with Gasteiger partial charge in [0.15, 0.2) is 11.5 Å². The van der Waals surface area contributed by atoms with Gasteiger partial charge in [-0.25, -0.2) is 0 Å². The first-order valence-electron chi connectivity index (χ1n) is 10.6. The summed E-state index contributed by atoms with van der Waals surface area (Å²) in [7, 11) is 1.69. The largest absolute Gasteiger partial charge is 0.493 e. The zero-order chi connectivity index (χ0) is 20.3. The SMILES string of the molecule is COc1ccc([C@@H]2CN(Cc3ccccc3)CC2(C)C#N)cc1OC1CCCC1. The van der Waals surface area contributed by atoms with Gasteiger partial charge in [0.25, 0.3) is 0 Å². The van der Waals surface area contributed by atoms with Gasteiger partial charge in [0.05, 0.1) is 24.7 Å². The zero-order valence-electron chi connectivity index (χ0n) is 17.4. The van der Waals surface area contributed by atoms with Crippen molar-refractivity contribution in [3.8, 4) is 17.6 Å². The lowest BCUT2D eigenvalue weighted by Crippen LogP contribution is -2.24. The van der Waals surface area contributed by atoms with Crippen molar-refractivity contribution in [3.63, 3.8) is 0 Å². The van der Waals surface area contributed by atoms with Crippen molar-refractivity contribution in [2.75, 3.05) is 20.2 Å². The number of benzene rings is 2. The van der Waals surface area contributed by atoms with Crippen molar-refractivity contribution in [2.45, 2.75) is 51.2 Å². The van der Waals surface area contributed by atoms with Gasteiger partial charge in [0.2, 0.25) is 0 Å². The first-order valence-corrected chi connectivity index (χ1v) is 10.6. The highest BCUT2D eigenvalue weighted by atomic mass is 16.5. The van der Waals surface area contributed by atoms with E-state index in [4.69, 9.17) is 9.47 Å². The number of nitrogens with zero attached hydrogens (tertiary/aromatic N) is 2. The summed E-state index contributed by atoms with van der Waals surface area (Å²) in [5, 5.41) is 10.0. The van der Waals surface area contributed by atoms with Crippen LogP contribution in [0.4, 0.5) is 0 Å². The Morgan fingerprint density at radius 2 is 1.86 bits per heavy atom. The summed E-state index contributed by atoms with van der Waals surface area (Å²) in [6.45, 7) is 4.60. The van der Waals surface area contributed by atoms with Gasteiger partial charge in [-0.1, -0.05) is 36.4 Å². The normalized spacial score (nSPS) is 25.1. The van der Waals surface area contributed by atoms with Crippen LogP contribution in [0.2, 0.25) is 0 Å². The van der Waals surface area contributed by atoms with E-state index >= 15 is 0 Å². The quantitative estimate of drug-likeness (QED) is 0.685. The molecule has 0 spiro atoms. The maximum Gasteiger partial charge on any atom is 0.161 e. The average Bonchev–Trinajstić information content (AvgIpc) is 3.37. The van der Waals surface area contributed by atoms with Crippen molar-refractivity contribution < 1.29 is 9.47 Å². The fourth-order valence-corrected chi connectivity index (χ4v) is 4.84. The molecule has 2 aromatic carbocycles. The monoisotopic (exact) mass is 390 g/mol. The lowest BCUT2D eigenvalue weighted by molar-refractivity contribution is 0.200. The molecule has 0 bridgehead atoms. The molecule has 1 saturated heterocycles. The molecule has 1 saturated carbocycles. The molecular formula is C25H30N2O2. The third kappa shape index (κ3) is 4.26. The van der Waals surface area contributed by atoms with Gasteiger partial charge >= 0.3 is 0 Å². The van der Waals surface area contributed by atoms with Crippen LogP contribution in [0.15, 0.2) is 48.5 Å². The molecular weight excluding hydrogens is 360 g/mol. The highest BCUT2D eigenvalue weighted by molar-refractivity contribution is 5.45. The molecule has 29 heavy (non-hydrogen) atoms. The summed E-state index contributed by atoms with van der Waals surface area (Å²) in [5.41, 5.74) is 2.03. The van der Waals surface area contributed by atoms with Crippen LogP contribution in [0.1, 0.15) is 49.7 Å². The van der Waals surface area contributed by atoms with Gasteiger partial charge in [-0.2, -0.15) is 5.26 Å². The van der Waals surface area contributed by atoms with Crippen LogP contribution in [0, 0.1) is 16.7 Å². The number of likely N-dealkylation sites (tertiary alicyclic amines) is 1. The van der Waals surface area contributed by atoms with Crippen LogP contribution < -0.4 is 9.47 Å². The number of hydrogen-bond acceptors (Lipinski definition) is 4. The van der Waals surface area contributed by atoms with E-state index in [0.29, 0.717) is 0 Å². The molecule has 4 rings (SSSR count). The molecule has 1 heterocycles.